The zero-order valence-electron chi connectivity index (χ0n) is 25.0. The topological polar surface area (TPSA) is 204 Å². The molecule has 242 valence electrons. The van der Waals surface area contributed by atoms with Crippen molar-refractivity contribution in [2.45, 2.75) is 77.9 Å². The number of rotatable bonds is 12. The number of aromatic amines is 2. The summed E-state index contributed by atoms with van der Waals surface area (Å²) >= 11 is 5.11. The first kappa shape index (κ1) is 33.0. The summed E-state index contributed by atoms with van der Waals surface area (Å²) in [6, 6.07) is 3.89. The molecule has 1 unspecified atom stereocenters. The number of hydrogen-bond donors (Lipinski definition) is 4. The van der Waals surface area contributed by atoms with Crippen LogP contribution in [-0.4, -0.2) is 64.5 Å². The van der Waals surface area contributed by atoms with Crippen LogP contribution in [0.2, 0.25) is 0 Å². The van der Waals surface area contributed by atoms with Gasteiger partial charge in [-0.3, -0.25) is 24.1 Å². The first-order valence-electron chi connectivity index (χ1n) is 14.5. The Hall–Kier alpha value is -3.37. The first-order chi connectivity index (χ1) is 21.3. The van der Waals surface area contributed by atoms with Crippen LogP contribution in [-0.2, 0) is 32.1 Å². The fraction of sp³-hybridized carbons (Fsp3) is 0.500. The van der Waals surface area contributed by atoms with E-state index in [1.807, 2.05) is 30.5 Å². The predicted octanol–water partition coefficient (Wildman–Crippen LogP) is 1.52. The van der Waals surface area contributed by atoms with E-state index in [-0.39, 0.29) is 31.2 Å². The van der Waals surface area contributed by atoms with Gasteiger partial charge in [0.25, 0.3) is 11.1 Å². The Bertz CT molecular complexity index is 1970. The second kappa shape index (κ2) is 13.5. The number of hydrogen-bond acceptors (Lipinski definition) is 11. The van der Waals surface area contributed by atoms with E-state index in [1.54, 1.807) is 6.92 Å². The Morgan fingerprint density at radius 1 is 1.00 bits per heavy atom. The molecule has 0 amide bonds. The van der Waals surface area contributed by atoms with Crippen molar-refractivity contribution in [2.24, 2.45) is 0 Å². The number of aryl methyl sites for hydroxylation is 4. The number of fused-ring (bicyclic) bond motifs is 2. The van der Waals surface area contributed by atoms with Gasteiger partial charge in [-0.1, -0.05) is 12.8 Å². The summed E-state index contributed by atoms with van der Waals surface area (Å²) in [5, 5.41) is 10.4. The molecule has 0 radical (unpaired) electrons. The molecular weight excluding hydrogens is 627 g/mol. The van der Waals surface area contributed by atoms with E-state index in [2.05, 4.69) is 19.9 Å². The number of nitrogens with one attached hydrogen (secondary N) is 2. The van der Waals surface area contributed by atoms with Crippen molar-refractivity contribution in [1.29, 1.82) is 0 Å². The van der Waals surface area contributed by atoms with Crippen LogP contribution >= 0.6 is 6.72 Å². The molecule has 4 heterocycles. The van der Waals surface area contributed by atoms with E-state index in [0.717, 1.165) is 29.5 Å². The quantitative estimate of drug-likeness (QED) is 0.0969. The van der Waals surface area contributed by atoms with Crippen LogP contribution in [0.3, 0.4) is 0 Å². The molecule has 4 N–H and O–H groups in total. The van der Waals surface area contributed by atoms with E-state index in [0.29, 0.717) is 30.5 Å². The van der Waals surface area contributed by atoms with Crippen molar-refractivity contribution in [1.82, 2.24) is 29.1 Å². The third kappa shape index (κ3) is 7.55. The van der Waals surface area contributed by atoms with E-state index in [9.17, 15) is 29.2 Å². The lowest BCUT2D eigenvalue weighted by Crippen LogP contribution is -2.33. The van der Waals surface area contributed by atoms with E-state index < -0.39 is 47.7 Å². The van der Waals surface area contributed by atoms with Crippen LogP contribution in [0.25, 0.3) is 22.6 Å². The van der Waals surface area contributed by atoms with Gasteiger partial charge in [-0.05, 0) is 68.7 Å². The number of benzene rings is 1. The molecule has 0 bridgehead atoms. The van der Waals surface area contributed by atoms with Crippen LogP contribution in [0, 0.1) is 20.8 Å². The molecule has 17 heteroatoms. The molecule has 5 rings (SSSR count). The zero-order chi connectivity index (χ0) is 32.5. The van der Waals surface area contributed by atoms with Crippen LogP contribution in [0.4, 0.5) is 0 Å². The van der Waals surface area contributed by atoms with E-state index in [1.165, 1.54) is 10.8 Å². The van der Waals surface area contributed by atoms with Crippen LogP contribution in [0.5, 0.6) is 0 Å². The Balaban J connectivity index is 1.10. The second-order valence-electron chi connectivity index (χ2n) is 11.2. The molecule has 0 aliphatic carbocycles. The summed E-state index contributed by atoms with van der Waals surface area (Å²) in [5.41, 5.74) is 1.49. The second-order valence-corrected chi connectivity index (χ2v) is 14.0. The Morgan fingerprint density at radius 3 is 2.51 bits per heavy atom. The lowest BCUT2D eigenvalue weighted by Gasteiger charge is -2.20. The molecule has 4 atom stereocenters. The third-order valence-corrected chi connectivity index (χ3v) is 9.43. The maximum absolute atomic E-state index is 12.5. The van der Waals surface area contributed by atoms with Gasteiger partial charge in [0.1, 0.15) is 12.3 Å². The van der Waals surface area contributed by atoms with Crippen LogP contribution in [0.1, 0.15) is 55.0 Å². The fourth-order valence-corrected chi connectivity index (χ4v) is 6.40. The van der Waals surface area contributed by atoms with Crippen molar-refractivity contribution < 1.29 is 23.8 Å². The van der Waals surface area contributed by atoms with Crippen molar-refractivity contribution in [3.05, 3.63) is 76.7 Å². The molecule has 3 aliphatic rings. The predicted molar refractivity (Wildman–Crippen MR) is 168 cm³/mol. The van der Waals surface area contributed by atoms with Gasteiger partial charge in [-0.2, -0.15) is 4.98 Å². The number of aromatic nitrogens is 6. The highest BCUT2D eigenvalue weighted by Gasteiger charge is 2.37. The molecule has 0 spiro atoms. The van der Waals surface area contributed by atoms with Crippen molar-refractivity contribution in [3.63, 3.8) is 0 Å². The number of aliphatic hydroxyl groups excluding tert-OH is 1. The third-order valence-electron chi connectivity index (χ3n) is 7.82. The number of ether oxygens (including phenoxy) is 1. The standard InChI is InChI=1S/C28H35N6O9PS/c1-15-10-18-19(11-16(15)2)33(24-23(29-18)26(37)31-27(38)30-24)8-6-4-5-7-9-41-44(40,45)42-14-21-20(35)12-22(43-21)34-13-17(3)25(36)32-28(34)39/h10-11,13,20-22,35H,4-9,12,14H2,1-3H3,(H,40,45)(H,31,37,38)(H,32,36,39)/t20-,21+,22+,44?/m0/s1. The van der Waals surface area contributed by atoms with Gasteiger partial charge in [0.05, 0.1) is 30.4 Å². The maximum Gasteiger partial charge on any atom is 0.349 e. The summed E-state index contributed by atoms with van der Waals surface area (Å²) in [6.07, 6.45) is 1.61. The zero-order valence-corrected chi connectivity index (χ0v) is 26.7. The molecule has 15 nitrogen and oxygen atoms in total. The minimum absolute atomic E-state index is 0.0851. The number of aliphatic hydroxyl groups is 1. The average molecular weight is 663 g/mol. The molecule has 1 aromatic carbocycles. The van der Waals surface area contributed by atoms with Gasteiger partial charge in [-0.25, -0.2) is 14.6 Å². The minimum atomic E-state index is -3.62. The molecule has 2 aromatic rings. The normalized spacial score (nSPS) is 19.8. The Morgan fingerprint density at radius 2 is 1.73 bits per heavy atom. The summed E-state index contributed by atoms with van der Waals surface area (Å²) in [4.78, 5) is 71.6. The Labute approximate surface area is 261 Å². The first-order valence-corrected chi connectivity index (χ1v) is 17.1. The van der Waals surface area contributed by atoms with Gasteiger partial charge >= 0.3 is 18.1 Å². The van der Waals surface area contributed by atoms with Crippen LogP contribution < -0.4 is 22.5 Å². The van der Waals surface area contributed by atoms with Crippen molar-refractivity contribution >= 4 is 29.6 Å². The highest BCUT2D eigenvalue weighted by molar-refractivity contribution is 8.07. The van der Waals surface area contributed by atoms with Crippen molar-refractivity contribution in [2.75, 3.05) is 13.2 Å². The average Bonchev–Trinajstić information content (AvgIpc) is 3.34. The Kier molecular flexibility index (Phi) is 9.94. The summed E-state index contributed by atoms with van der Waals surface area (Å²) < 4.78 is 19.6. The summed E-state index contributed by atoms with van der Waals surface area (Å²) in [6.45, 7) is 2.30. The molecule has 0 saturated carbocycles. The molecule has 45 heavy (non-hydrogen) atoms. The lowest BCUT2D eigenvalue weighted by atomic mass is 10.1. The van der Waals surface area contributed by atoms with Gasteiger partial charge in [0, 0.05) is 24.7 Å². The monoisotopic (exact) mass is 662 g/mol. The van der Waals surface area contributed by atoms with E-state index in [4.69, 9.17) is 25.6 Å². The number of unbranched alkanes of at least 4 members (excludes halogenated alkanes) is 3. The summed E-state index contributed by atoms with van der Waals surface area (Å²) in [5.74, 6) is 0.240. The molecular formula is C28H35N6O9PS. The fourth-order valence-electron chi connectivity index (χ4n) is 5.22. The number of H-pyrrole nitrogens is 2. The SMILES string of the molecule is Cc1cc2nc3c(=O)[nH]c(=O)nc-3n(CCCCCCOP(O)(=S)OC[C@H]3O[C@@H](n4cc(C)c(=O)[nH]c4=O)C[C@@H]3O)c2cc1C. The molecule has 3 aliphatic heterocycles. The van der Waals surface area contributed by atoms with E-state index >= 15 is 0 Å². The van der Waals surface area contributed by atoms with Gasteiger partial charge in [0.15, 0.2) is 11.5 Å². The lowest BCUT2D eigenvalue weighted by molar-refractivity contribution is -0.0437. The van der Waals surface area contributed by atoms with Gasteiger partial charge in [-0.15, -0.1) is 0 Å². The van der Waals surface area contributed by atoms with Crippen LogP contribution in [0.15, 0.2) is 37.5 Å². The smallest absolute Gasteiger partial charge is 0.349 e. The van der Waals surface area contributed by atoms with Crippen molar-refractivity contribution in [3.8, 4) is 11.5 Å². The maximum atomic E-state index is 12.5. The molecule has 1 fully saturated rings. The highest BCUT2D eigenvalue weighted by atomic mass is 32.5. The largest absolute Gasteiger partial charge is 0.390 e. The minimum Gasteiger partial charge on any atom is -0.390 e. The molecule has 1 saturated heterocycles. The molecule has 1 aromatic heterocycles. The number of nitrogens with zero attached hydrogens (tertiary/aromatic N) is 4. The highest BCUT2D eigenvalue weighted by Crippen LogP contribution is 2.45. The van der Waals surface area contributed by atoms with Gasteiger partial charge in [0.2, 0.25) is 0 Å². The van der Waals surface area contributed by atoms with Gasteiger partial charge < -0.3 is 28.4 Å². The summed E-state index contributed by atoms with van der Waals surface area (Å²) in [7, 11) is 0.